The molecule has 3 aliphatic rings. The van der Waals surface area contributed by atoms with Crippen molar-refractivity contribution in [3.8, 4) is 5.75 Å². The van der Waals surface area contributed by atoms with Gasteiger partial charge in [-0.3, -0.25) is 24.5 Å². The van der Waals surface area contributed by atoms with Crippen LogP contribution in [0.1, 0.15) is 74.2 Å². The van der Waals surface area contributed by atoms with Gasteiger partial charge in [0.05, 0.1) is 12.7 Å². The number of hydrogen-bond donors (Lipinski definition) is 2. The lowest BCUT2D eigenvalue weighted by Gasteiger charge is -2.29. The predicted molar refractivity (Wildman–Crippen MR) is 134 cm³/mol. The first-order valence-electron chi connectivity index (χ1n) is 13.3. The van der Waals surface area contributed by atoms with E-state index in [1.54, 1.807) is 19.1 Å². The van der Waals surface area contributed by atoms with Crippen LogP contribution in [0.2, 0.25) is 0 Å². The molecular weight excluding hydrogens is 478 g/mol. The van der Waals surface area contributed by atoms with Gasteiger partial charge in [-0.15, -0.1) is 0 Å². The summed E-state index contributed by atoms with van der Waals surface area (Å²) in [6, 6.07) is 4.77. The Balaban J connectivity index is 1.09. The molecule has 3 aliphatic heterocycles. The number of carbonyl (C=O) groups excluding carboxylic acids is 4. The minimum atomic E-state index is -0.616. The summed E-state index contributed by atoms with van der Waals surface area (Å²) in [4.78, 5) is 50.1. The Morgan fingerprint density at radius 2 is 1.92 bits per heavy atom. The molecule has 202 valence electrons. The Kier molecular flexibility index (Phi) is 9.51. The monoisotopic (exact) mass is 515 g/mol. The predicted octanol–water partition coefficient (Wildman–Crippen LogP) is 2.09. The van der Waals surface area contributed by atoms with Crippen molar-refractivity contribution in [1.82, 2.24) is 15.5 Å². The zero-order chi connectivity index (χ0) is 26.2. The quantitative estimate of drug-likeness (QED) is 0.323. The fraction of sp³-hybridized carbons (Fsp3) is 0.630. The molecule has 0 aliphatic carbocycles. The largest absolute Gasteiger partial charge is 0.494 e. The van der Waals surface area contributed by atoms with Crippen LogP contribution in [-0.4, -0.2) is 73.1 Å². The van der Waals surface area contributed by atoms with Crippen molar-refractivity contribution >= 4 is 23.6 Å². The Morgan fingerprint density at radius 3 is 2.70 bits per heavy atom. The first kappa shape index (κ1) is 27.1. The van der Waals surface area contributed by atoms with E-state index in [0.717, 1.165) is 44.1 Å². The molecule has 2 saturated heterocycles. The highest BCUT2D eigenvalue weighted by Gasteiger charge is 2.39. The number of imide groups is 1. The maximum atomic E-state index is 12.8. The fourth-order valence-electron chi connectivity index (χ4n) is 4.93. The second-order valence-corrected chi connectivity index (χ2v) is 9.86. The highest BCUT2D eigenvalue weighted by atomic mass is 16.5. The Labute approximate surface area is 217 Å². The average Bonchev–Trinajstić information content (AvgIpc) is 3.21. The minimum absolute atomic E-state index is 0.0684. The lowest BCUT2D eigenvalue weighted by atomic mass is 10.0. The number of ether oxygens (including phenoxy) is 3. The van der Waals surface area contributed by atoms with Gasteiger partial charge in [0.1, 0.15) is 17.9 Å². The third kappa shape index (κ3) is 7.29. The van der Waals surface area contributed by atoms with Crippen LogP contribution in [-0.2, 0) is 30.4 Å². The highest BCUT2D eigenvalue weighted by Crippen LogP contribution is 2.30. The summed E-state index contributed by atoms with van der Waals surface area (Å²) in [7, 11) is 0. The number of rotatable bonds is 12. The molecule has 3 heterocycles. The van der Waals surface area contributed by atoms with Crippen molar-refractivity contribution in [2.24, 2.45) is 0 Å². The number of hydrogen-bond acceptors (Lipinski definition) is 7. The van der Waals surface area contributed by atoms with Crippen molar-refractivity contribution in [2.75, 3.05) is 26.4 Å². The topological polar surface area (TPSA) is 123 Å². The number of nitrogens with one attached hydrogen (secondary N) is 2. The number of carbonyl (C=O) groups is 4. The van der Waals surface area contributed by atoms with Crippen LogP contribution in [0.3, 0.4) is 0 Å². The van der Waals surface area contributed by atoms with Crippen molar-refractivity contribution < 1.29 is 33.4 Å². The van der Waals surface area contributed by atoms with Crippen molar-refractivity contribution in [1.29, 1.82) is 0 Å². The number of unbranched alkanes of at least 4 members (excludes halogenated alkanes) is 3. The third-order valence-corrected chi connectivity index (χ3v) is 7.07. The molecule has 0 radical (unpaired) electrons. The van der Waals surface area contributed by atoms with Gasteiger partial charge in [-0.1, -0.05) is 12.8 Å². The molecule has 0 spiro atoms. The van der Waals surface area contributed by atoms with Gasteiger partial charge in [-0.2, -0.15) is 0 Å². The van der Waals surface area contributed by atoms with Crippen LogP contribution in [0.5, 0.6) is 5.75 Å². The van der Waals surface area contributed by atoms with Gasteiger partial charge in [-0.25, -0.2) is 0 Å². The summed E-state index contributed by atoms with van der Waals surface area (Å²) in [5.41, 5.74) is 1.41. The minimum Gasteiger partial charge on any atom is -0.494 e. The van der Waals surface area contributed by atoms with Crippen LogP contribution >= 0.6 is 0 Å². The second kappa shape index (κ2) is 13.0. The second-order valence-electron chi connectivity index (χ2n) is 9.86. The number of nitrogens with zero attached hydrogens (tertiary/aromatic N) is 1. The maximum Gasteiger partial charge on any atom is 0.255 e. The molecule has 10 heteroatoms. The molecular formula is C27H37N3O7. The van der Waals surface area contributed by atoms with E-state index in [-0.39, 0.29) is 30.2 Å². The first-order valence-corrected chi connectivity index (χ1v) is 13.3. The third-order valence-electron chi connectivity index (χ3n) is 7.07. The number of benzene rings is 1. The van der Waals surface area contributed by atoms with Gasteiger partial charge >= 0.3 is 0 Å². The average molecular weight is 516 g/mol. The summed E-state index contributed by atoms with van der Waals surface area (Å²) in [6.07, 6.45) is 5.66. The number of piperidine rings is 1. The first-order chi connectivity index (χ1) is 17.9. The smallest absolute Gasteiger partial charge is 0.255 e. The normalized spacial score (nSPS) is 20.9. The molecule has 2 fully saturated rings. The molecule has 37 heavy (non-hydrogen) atoms. The number of amides is 4. The Morgan fingerprint density at radius 1 is 1.14 bits per heavy atom. The van der Waals surface area contributed by atoms with Crippen LogP contribution in [0.4, 0.5) is 0 Å². The van der Waals surface area contributed by atoms with Crippen molar-refractivity contribution in [3.05, 3.63) is 29.3 Å². The van der Waals surface area contributed by atoms with E-state index in [2.05, 4.69) is 10.6 Å². The molecule has 0 saturated carbocycles. The summed E-state index contributed by atoms with van der Waals surface area (Å²) < 4.78 is 17.0. The molecule has 10 nitrogen and oxygen atoms in total. The molecule has 4 amide bonds. The zero-order valence-electron chi connectivity index (χ0n) is 21.5. The van der Waals surface area contributed by atoms with Crippen LogP contribution < -0.4 is 15.4 Å². The van der Waals surface area contributed by atoms with Crippen LogP contribution in [0, 0.1) is 0 Å². The van der Waals surface area contributed by atoms with Gasteiger partial charge in [0.2, 0.25) is 17.7 Å². The summed E-state index contributed by atoms with van der Waals surface area (Å²) in [5, 5.41) is 5.26. The number of fused-ring (bicyclic) bond motifs is 1. The van der Waals surface area contributed by atoms with E-state index in [9.17, 15) is 19.2 Å². The van der Waals surface area contributed by atoms with Gasteiger partial charge in [0.15, 0.2) is 0 Å². The fourth-order valence-corrected chi connectivity index (χ4v) is 4.93. The van der Waals surface area contributed by atoms with Gasteiger partial charge in [-0.05, 0) is 62.8 Å². The van der Waals surface area contributed by atoms with E-state index in [1.165, 1.54) is 4.90 Å². The van der Waals surface area contributed by atoms with E-state index in [4.69, 9.17) is 14.2 Å². The summed E-state index contributed by atoms with van der Waals surface area (Å²) in [6.45, 7) is 4.71. The molecule has 1 unspecified atom stereocenters. The summed E-state index contributed by atoms with van der Waals surface area (Å²) >= 11 is 0. The van der Waals surface area contributed by atoms with E-state index >= 15 is 0 Å². The zero-order valence-corrected chi connectivity index (χ0v) is 21.5. The molecule has 0 aromatic heterocycles. The molecule has 0 bridgehead atoms. The molecule has 2 N–H and O–H groups in total. The van der Waals surface area contributed by atoms with Gasteiger partial charge in [0, 0.05) is 38.3 Å². The Hall–Kier alpha value is -2.98. The Bertz CT molecular complexity index is 992. The molecule has 1 aromatic carbocycles. The molecule has 4 rings (SSSR count). The van der Waals surface area contributed by atoms with E-state index in [0.29, 0.717) is 50.6 Å². The van der Waals surface area contributed by atoms with E-state index in [1.807, 2.05) is 6.07 Å². The lowest BCUT2D eigenvalue weighted by molar-refractivity contribution is -0.139. The van der Waals surface area contributed by atoms with Gasteiger partial charge in [0.25, 0.3) is 5.91 Å². The lowest BCUT2D eigenvalue weighted by Crippen LogP contribution is -2.52. The summed E-state index contributed by atoms with van der Waals surface area (Å²) in [5.74, 6) is -0.265. The standard InChI is InChI=1S/C27H37N3O7/c1-18(37-20-10-14-35-15-11-20)25(32)28-12-4-2-3-5-13-36-21-6-7-22-19(16-21)17-30(27(22)34)23-8-9-24(31)29-26(23)33/h6-7,16,18,20,23H,2-5,8-15,17H2,1H3,(H,28,32)(H,29,31,33)/t18-,23?/m1/s1. The van der Waals surface area contributed by atoms with Crippen LogP contribution in [0.15, 0.2) is 18.2 Å². The van der Waals surface area contributed by atoms with E-state index < -0.39 is 18.1 Å². The van der Waals surface area contributed by atoms with Crippen molar-refractivity contribution in [3.63, 3.8) is 0 Å². The van der Waals surface area contributed by atoms with Crippen molar-refractivity contribution in [2.45, 2.75) is 83.1 Å². The SMILES string of the molecule is C[C@@H](OC1CCOCC1)C(=O)NCCCCCCOc1ccc2c(c1)CN(C1CCC(=O)NC1=O)C2=O. The van der Waals surface area contributed by atoms with Crippen LogP contribution in [0.25, 0.3) is 0 Å². The molecule has 2 atom stereocenters. The molecule has 1 aromatic rings. The maximum absolute atomic E-state index is 12.8. The van der Waals surface area contributed by atoms with Gasteiger partial charge < -0.3 is 24.4 Å². The highest BCUT2D eigenvalue weighted by molar-refractivity contribution is 6.05.